The van der Waals surface area contributed by atoms with Crippen molar-refractivity contribution in [2.24, 2.45) is 7.05 Å². The molecular formula is C13H13BrFN3O. The van der Waals surface area contributed by atoms with E-state index < -0.39 is 0 Å². The van der Waals surface area contributed by atoms with Crippen LogP contribution in [0.1, 0.15) is 18.5 Å². The molecule has 0 aliphatic rings. The Bertz CT molecular complexity index is 657. The van der Waals surface area contributed by atoms with Gasteiger partial charge < -0.3 is 5.32 Å². The summed E-state index contributed by atoms with van der Waals surface area (Å²) >= 11 is 3.22. The molecule has 4 nitrogen and oxygen atoms in total. The number of hydrogen-bond acceptors (Lipinski definition) is 3. The molecule has 0 aliphatic heterocycles. The molecule has 0 saturated carbocycles. The Morgan fingerprint density at radius 3 is 2.79 bits per heavy atom. The maximum Gasteiger partial charge on any atom is 0.282 e. The Hall–Kier alpha value is -1.69. The minimum Gasteiger partial charge on any atom is -0.376 e. The van der Waals surface area contributed by atoms with Crippen LogP contribution in [0.4, 0.5) is 10.1 Å². The van der Waals surface area contributed by atoms with E-state index >= 15 is 0 Å². The maximum absolute atomic E-state index is 13.7. The van der Waals surface area contributed by atoms with Gasteiger partial charge in [0, 0.05) is 12.6 Å². The predicted molar refractivity (Wildman–Crippen MR) is 75.6 cm³/mol. The van der Waals surface area contributed by atoms with Crippen molar-refractivity contribution in [1.29, 1.82) is 0 Å². The standard InChI is InChI=1S/C13H13BrFN3O/c1-8(9-5-3-4-6-10(9)15)17-11-7-16-18(2)13(19)12(11)14/h3-8,17H,1-2H3. The van der Waals surface area contributed by atoms with E-state index in [1.807, 2.05) is 6.92 Å². The second-order valence-corrected chi connectivity index (χ2v) is 4.98. The van der Waals surface area contributed by atoms with Crippen LogP contribution in [0.15, 0.2) is 39.7 Å². The smallest absolute Gasteiger partial charge is 0.282 e. The van der Waals surface area contributed by atoms with E-state index in [9.17, 15) is 9.18 Å². The highest BCUT2D eigenvalue weighted by atomic mass is 79.9. The van der Waals surface area contributed by atoms with Crippen LogP contribution in [0.3, 0.4) is 0 Å². The molecule has 6 heteroatoms. The Morgan fingerprint density at radius 1 is 1.42 bits per heavy atom. The lowest BCUT2D eigenvalue weighted by molar-refractivity contribution is 0.600. The van der Waals surface area contributed by atoms with Crippen molar-refractivity contribution >= 4 is 21.6 Å². The molecule has 1 aromatic heterocycles. The monoisotopic (exact) mass is 325 g/mol. The zero-order chi connectivity index (χ0) is 14.0. The Morgan fingerprint density at radius 2 is 2.11 bits per heavy atom. The van der Waals surface area contributed by atoms with Crippen LogP contribution in [0, 0.1) is 5.82 Å². The Balaban J connectivity index is 2.30. The largest absolute Gasteiger partial charge is 0.376 e. The van der Waals surface area contributed by atoms with Crippen LogP contribution in [0.5, 0.6) is 0 Å². The number of anilines is 1. The van der Waals surface area contributed by atoms with Gasteiger partial charge in [0.25, 0.3) is 5.56 Å². The van der Waals surface area contributed by atoms with Crippen molar-refractivity contribution in [2.45, 2.75) is 13.0 Å². The molecule has 0 spiro atoms. The third kappa shape index (κ3) is 2.84. The van der Waals surface area contributed by atoms with Crippen molar-refractivity contribution in [2.75, 3.05) is 5.32 Å². The third-order valence-corrected chi connectivity index (χ3v) is 3.59. The first kappa shape index (κ1) is 13.7. The topological polar surface area (TPSA) is 46.9 Å². The molecule has 1 atom stereocenters. The van der Waals surface area contributed by atoms with Crippen molar-refractivity contribution in [1.82, 2.24) is 9.78 Å². The molecule has 2 aromatic rings. The fourth-order valence-electron chi connectivity index (χ4n) is 1.75. The number of nitrogens with one attached hydrogen (secondary N) is 1. The summed E-state index contributed by atoms with van der Waals surface area (Å²) in [5.41, 5.74) is 0.833. The minimum atomic E-state index is -0.282. The van der Waals surface area contributed by atoms with E-state index in [4.69, 9.17) is 0 Å². The van der Waals surface area contributed by atoms with E-state index in [2.05, 4.69) is 26.3 Å². The fourth-order valence-corrected chi connectivity index (χ4v) is 2.22. The van der Waals surface area contributed by atoms with Gasteiger partial charge in [-0.2, -0.15) is 5.10 Å². The first-order valence-electron chi connectivity index (χ1n) is 5.73. The molecule has 0 amide bonds. The van der Waals surface area contributed by atoms with Crippen LogP contribution in [0.25, 0.3) is 0 Å². The zero-order valence-electron chi connectivity index (χ0n) is 10.5. The highest BCUT2D eigenvalue weighted by molar-refractivity contribution is 9.10. The lowest BCUT2D eigenvalue weighted by Crippen LogP contribution is -2.22. The van der Waals surface area contributed by atoms with E-state index in [-0.39, 0.29) is 17.4 Å². The molecule has 19 heavy (non-hydrogen) atoms. The summed E-state index contributed by atoms with van der Waals surface area (Å²) in [6, 6.07) is 6.25. The fraction of sp³-hybridized carbons (Fsp3) is 0.231. The number of halogens is 2. The normalized spacial score (nSPS) is 12.2. The number of benzene rings is 1. The molecule has 0 saturated heterocycles. The average Bonchev–Trinajstić information content (AvgIpc) is 2.40. The van der Waals surface area contributed by atoms with E-state index in [1.54, 1.807) is 25.2 Å². The molecule has 0 radical (unpaired) electrons. The quantitative estimate of drug-likeness (QED) is 0.943. The summed E-state index contributed by atoms with van der Waals surface area (Å²) in [5, 5.41) is 7.00. The van der Waals surface area contributed by atoms with Crippen LogP contribution in [-0.4, -0.2) is 9.78 Å². The molecule has 0 bridgehead atoms. The molecule has 1 aromatic carbocycles. The van der Waals surface area contributed by atoms with Gasteiger partial charge in [0.2, 0.25) is 0 Å². The zero-order valence-corrected chi connectivity index (χ0v) is 12.1. The van der Waals surface area contributed by atoms with Crippen LogP contribution < -0.4 is 10.9 Å². The van der Waals surface area contributed by atoms with Crippen molar-refractivity contribution in [3.05, 3.63) is 56.7 Å². The third-order valence-electron chi connectivity index (χ3n) is 2.82. The summed E-state index contributed by atoms with van der Waals surface area (Å²) in [7, 11) is 1.57. The molecule has 1 heterocycles. The van der Waals surface area contributed by atoms with Gasteiger partial charge in [0.15, 0.2) is 0 Å². The first-order valence-corrected chi connectivity index (χ1v) is 6.52. The highest BCUT2D eigenvalue weighted by Gasteiger charge is 2.13. The van der Waals surface area contributed by atoms with Gasteiger partial charge in [-0.3, -0.25) is 4.79 Å². The number of hydrogen-bond donors (Lipinski definition) is 1. The Labute approximate surface area is 118 Å². The minimum absolute atomic E-state index is 0.245. The van der Waals surface area contributed by atoms with Gasteiger partial charge in [-0.05, 0) is 28.9 Å². The van der Waals surface area contributed by atoms with Crippen LogP contribution in [0.2, 0.25) is 0 Å². The van der Waals surface area contributed by atoms with Crippen LogP contribution in [-0.2, 0) is 7.05 Å². The van der Waals surface area contributed by atoms with E-state index in [1.165, 1.54) is 16.9 Å². The number of aryl methyl sites for hydroxylation is 1. The maximum atomic E-state index is 13.7. The molecule has 0 aliphatic carbocycles. The van der Waals surface area contributed by atoms with Crippen molar-refractivity contribution in [3.63, 3.8) is 0 Å². The van der Waals surface area contributed by atoms with Gasteiger partial charge in [0.1, 0.15) is 10.3 Å². The number of rotatable bonds is 3. The summed E-state index contributed by atoms with van der Waals surface area (Å²) in [6.45, 7) is 1.82. The van der Waals surface area contributed by atoms with Crippen molar-refractivity contribution < 1.29 is 4.39 Å². The highest BCUT2D eigenvalue weighted by Crippen LogP contribution is 2.24. The average molecular weight is 326 g/mol. The van der Waals surface area contributed by atoms with Crippen molar-refractivity contribution in [3.8, 4) is 0 Å². The van der Waals surface area contributed by atoms with Gasteiger partial charge in [-0.25, -0.2) is 9.07 Å². The summed E-state index contributed by atoms with van der Waals surface area (Å²) in [4.78, 5) is 11.7. The number of aromatic nitrogens is 2. The van der Waals surface area contributed by atoms with Gasteiger partial charge in [-0.15, -0.1) is 0 Å². The lowest BCUT2D eigenvalue weighted by atomic mass is 10.1. The van der Waals surface area contributed by atoms with Gasteiger partial charge in [-0.1, -0.05) is 18.2 Å². The molecule has 0 fully saturated rings. The predicted octanol–water partition coefficient (Wildman–Crippen LogP) is 2.86. The van der Waals surface area contributed by atoms with E-state index in [0.717, 1.165) is 0 Å². The summed E-state index contributed by atoms with van der Waals surface area (Å²) < 4.78 is 15.3. The molecular weight excluding hydrogens is 313 g/mol. The Kier molecular flexibility index (Phi) is 3.99. The second-order valence-electron chi connectivity index (χ2n) is 4.19. The summed E-state index contributed by atoms with van der Waals surface area (Å²) in [5.74, 6) is -0.282. The summed E-state index contributed by atoms with van der Waals surface area (Å²) in [6.07, 6.45) is 1.53. The SMILES string of the molecule is CC(Nc1cnn(C)c(=O)c1Br)c1ccccc1F. The van der Waals surface area contributed by atoms with Gasteiger partial charge in [0.05, 0.1) is 17.9 Å². The molecule has 1 unspecified atom stereocenters. The number of nitrogens with zero attached hydrogens (tertiary/aromatic N) is 2. The first-order chi connectivity index (χ1) is 9.00. The molecule has 1 N–H and O–H groups in total. The van der Waals surface area contributed by atoms with Crippen LogP contribution >= 0.6 is 15.9 Å². The molecule has 100 valence electrons. The second kappa shape index (κ2) is 5.52. The lowest BCUT2D eigenvalue weighted by Gasteiger charge is -2.17. The van der Waals surface area contributed by atoms with Gasteiger partial charge >= 0.3 is 0 Å². The van der Waals surface area contributed by atoms with E-state index in [0.29, 0.717) is 15.7 Å². The molecule has 2 rings (SSSR count).